The minimum atomic E-state index is -0.155. The van der Waals surface area contributed by atoms with E-state index in [-0.39, 0.29) is 6.10 Å². The summed E-state index contributed by atoms with van der Waals surface area (Å²) in [4.78, 5) is 5.04. The van der Waals surface area contributed by atoms with Crippen molar-refractivity contribution in [1.82, 2.24) is 4.90 Å². The second kappa shape index (κ2) is 6.74. The van der Waals surface area contributed by atoms with E-state index in [0.717, 1.165) is 32.5 Å². The Bertz CT molecular complexity index is 250. The lowest BCUT2D eigenvalue weighted by Crippen LogP contribution is -2.44. The molecule has 0 aliphatic carbocycles. The highest BCUT2D eigenvalue weighted by molar-refractivity contribution is 4.81. The third-order valence-corrected chi connectivity index (χ3v) is 3.13. The molecule has 0 aromatic heterocycles. The van der Waals surface area contributed by atoms with Gasteiger partial charge in [-0.2, -0.15) is 0 Å². The van der Waals surface area contributed by atoms with E-state index in [0.29, 0.717) is 18.4 Å². The van der Waals surface area contributed by atoms with Crippen LogP contribution in [-0.2, 0) is 0 Å². The number of likely N-dealkylation sites (tertiary alicyclic amines) is 1. The van der Waals surface area contributed by atoms with Crippen LogP contribution in [0.25, 0.3) is 10.4 Å². The fraction of sp³-hybridized carbons (Fsp3) is 1.00. The lowest BCUT2D eigenvalue weighted by atomic mass is 9.87. The molecule has 0 amide bonds. The Kier molecular flexibility index (Phi) is 5.60. The first-order valence-electron chi connectivity index (χ1n) is 6.04. The van der Waals surface area contributed by atoms with E-state index in [1.807, 2.05) is 0 Å². The molecule has 1 heterocycles. The quantitative estimate of drug-likeness (QED) is 0.442. The molecule has 0 aromatic carbocycles. The zero-order valence-electron chi connectivity index (χ0n) is 10.2. The van der Waals surface area contributed by atoms with Crippen molar-refractivity contribution >= 4 is 0 Å². The topological polar surface area (TPSA) is 72.2 Å². The number of rotatable bonds is 5. The zero-order chi connectivity index (χ0) is 12.0. The van der Waals surface area contributed by atoms with Gasteiger partial charge in [0.15, 0.2) is 0 Å². The molecule has 1 fully saturated rings. The minimum absolute atomic E-state index is 0.155. The van der Waals surface area contributed by atoms with Gasteiger partial charge in [-0.15, -0.1) is 0 Å². The van der Waals surface area contributed by atoms with Crippen molar-refractivity contribution in [1.29, 1.82) is 0 Å². The van der Waals surface area contributed by atoms with Gasteiger partial charge in [0.1, 0.15) is 0 Å². The van der Waals surface area contributed by atoms with Crippen LogP contribution in [0.3, 0.4) is 0 Å². The molecule has 0 saturated carbocycles. The van der Waals surface area contributed by atoms with Crippen molar-refractivity contribution in [3.63, 3.8) is 0 Å². The minimum Gasteiger partial charge on any atom is -0.393 e. The normalized spacial score (nSPS) is 26.8. The van der Waals surface area contributed by atoms with E-state index in [1.165, 1.54) is 0 Å². The second-order valence-corrected chi connectivity index (χ2v) is 5.00. The number of aliphatic hydroxyl groups is 1. The maximum absolute atomic E-state index is 9.90. The molecule has 16 heavy (non-hydrogen) atoms. The first-order chi connectivity index (χ1) is 7.63. The third-order valence-electron chi connectivity index (χ3n) is 3.13. The standard InChI is InChI=1S/C11H22N4O/c1-9(2)7-10-8-15(5-3-11(10)16)6-4-13-14-12/h9-11,16H,3-8H2,1-2H3/t10-,11-/m0/s1. The van der Waals surface area contributed by atoms with E-state index in [4.69, 9.17) is 5.53 Å². The smallest absolute Gasteiger partial charge is 0.0592 e. The first-order valence-corrected chi connectivity index (χ1v) is 6.04. The molecule has 1 aliphatic rings. The molecule has 92 valence electrons. The number of hydrogen-bond acceptors (Lipinski definition) is 3. The molecule has 1 aliphatic heterocycles. The molecule has 1 rings (SSSR count). The summed E-state index contributed by atoms with van der Waals surface area (Å²) in [6.45, 7) is 7.56. The van der Waals surface area contributed by atoms with Crippen LogP contribution in [0.2, 0.25) is 0 Å². The predicted molar refractivity (Wildman–Crippen MR) is 64.0 cm³/mol. The summed E-state index contributed by atoms with van der Waals surface area (Å²) in [6.07, 6.45) is 1.76. The van der Waals surface area contributed by atoms with Crippen molar-refractivity contribution in [3.05, 3.63) is 10.4 Å². The molecule has 2 atom stereocenters. The van der Waals surface area contributed by atoms with Crippen molar-refractivity contribution in [3.8, 4) is 0 Å². The largest absolute Gasteiger partial charge is 0.393 e. The van der Waals surface area contributed by atoms with Gasteiger partial charge in [-0.05, 0) is 30.2 Å². The van der Waals surface area contributed by atoms with Crippen molar-refractivity contribution in [2.24, 2.45) is 17.0 Å². The van der Waals surface area contributed by atoms with Gasteiger partial charge < -0.3 is 10.0 Å². The number of aliphatic hydroxyl groups excluding tert-OH is 1. The molecule has 0 radical (unpaired) electrons. The molecule has 0 bridgehead atoms. The van der Waals surface area contributed by atoms with E-state index in [9.17, 15) is 5.11 Å². The van der Waals surface area contributed by atoms with E-state index in [1.54, 1.807) is 0 Å². The monoisotopic (exact) mass is 226 g/mol. The van der Waals surface area contributed by atoms with Gasteiger partial charge in [0.2, 0.25) is 0 Å². The Morgan fingerprint density at radius 2 is 2.31 bits per heavy atom. The van der Waals surface area contributed by atoms with Gasteiger partial charge in [0, 0.05) is 31.1 Å². The Balaban J connectivity index is 2.37. The Morgan fingerprint density at radius 1 is 1.56 bits per heavy atom. The highest BCUT2D eigenvalue weighted by Gasteiger charge is 2.27. The van der Waals surface area contributed by atoms with Gasteiger partial charge in [-0.1, -0.05) is 19.0 Å². The molecular formula is C11H22N4O. The van der Waals surface area contributed by atoms with Crippen LogP contribution in [-0.4, -0.2) is 42.3 Å². The molecule has 0 unspecified atom stereocenters. The summed E-state index contributed by atoms with van der Waals surface area (Å²) in [5.41, 5.74) is 8.21. The summed E-state index contributed by atoms with van der Waals surface area (Å²) >= 11 is 0. The SMILES string of the molecule is CC(C)C[C@H]1CN(CCN=[N+]=[N-])CC[C@@H]1O. The van der Waals surface area contributed by atoms with Crippen LogP contribution >= 0.6 is 0 Å². The Labute approximate surface area is 97.1 Å². The lowest BCUT2D eigenvalue weighted by molar-refractivity contribution is 0.0188. The van der Waals surface area contributed by atoms with Gasteiger partial charge in [0.05, 0.1) is 6.10 Å². The summed E-state index contributed by atoms with van der Waals surface area (Å²) in [5, 5.41) is 13.4. The Morgan fingerprint density at radius 3 is 2.94 bits per heavy atom. The summed E-state index contributed by atoms with van der Waals surface area (Å²) in [7, 11) is 0. The second-order valence-electron chi connectivity index (χ2n) is 5.00. The van der Waals surface area contributed by atoms with E-state index < -0.39 is 0 Å². The average Bonchev–Trinajstić information content (AvgIpc) is 2.22. The van der Waals surface area contributed by atoms with Crippen LogP contribution in [0.5, 0.6) is 0 Å². The number of piperidine rings is 1. The molecule has 1 N–H and O–H groups in total. The number of nitrogens with zero attached hydrogens (tertiary/aromatic N) is 4. The van der Waals surface area contributed by atoms with Crippen LogP contribution < -0.4 is 0 Å². The highest BCUT2D eigenvalue weighted by Crippen LogP contribution is 2.23. The van der Waals surface area contributed by atoms with Crippen molar-refractivity contribution in [2.45, 2.75) is 32.8 Å². The van der Waals surface area contributed by atoms with Crippen LogP contribution in [0.4, 0.5) is 0 Å². The molecule has 0 aromatic rings. The van der Waals surface area contributed by atoms with Crippen LogP contribution in [0, 0.1) is 11.8 Å². The van der Waals surface area contributed by atoms with Gasteiger partial charge in [-0.3, -0.25) is 0 Å². The average molecular weight is 226 g/mol. The van der Waals surface area contributed by atoms with E-state index >= 15 is 0 Å². The van der Waals surface area contributed by atoms with Crippen molar-refractivity contribution < 1.29 is 5.11 Å². The molecule has 5 heteroatoms. The molecule has 0 spiro atoms. The highest BCUT2D eigenvalue weighted by atomic mass is 16.3. The number of azide groups is 1. The van der Waals surface area contributed by atoms with Crippen molar-refractivity contribution in [2.75, 3.05) is 26.2 Å². The first kappa shape index (κ1) is 13.3. The molecule has 1 saturated heterocycles. The predicted octanol–water partition coefficient (Wildman–Crippen LogP) is 2.03. The fourth-order valence-corrected chi connectivity index (χ4v) is 2.37. The van der Waals surface area contributed by atoms with Gasteiger partial charge in [-0.25, -0.2) is 0 Å². The molecular weight excluding hydrogens is 204 g/mol. The third kappa shape index (κ3) is 4.39. The van der Waals surface area contributed by atoms with Crippen LogP contribution in [0.15, 0.2) is 5.11 Å². The van der Waals surface area contributed by atoms with E-state index in [2.05, 4.69) is 28.8 Å². The lowest BCUT2D eigenvalue weighted by Gasteiger charge is -2.36. The van der Waals surface area contributed by atoms with Gasteiger partial charge >= 0.3 is 0 Å². The maximum atomic E-state index is 9.90. The fourth-order valence-electron chi connectivity index (χ4n) is 2.37. The summed E-state index contributed by atoms with van der Waals surface area (Å²) in [5.74, 6) is 0.997. The number of hydrogen-bond donors (Lipinski definition) is 1. The summed E-state index contributed by atoms with van der Waals surface area (Å²) in [6, 6.07) is 0. The van der Waals surface area contributed by atoms with Crippen LogP contribution in [0.1, 0.15) is 26.7 Å². The summed E-state index contributed by atoms with van der Waals surface area (Å²) < 4.78 is 0. The molecule has 5 nitrogen and oxygen atoms in total. The maximum Gasteiger partial charge on any atom is 0.0592 e. The zero-order valence-corrected chi connectivity index (χ0v) is 10.2. The van der Waals surface area contributed by atoms with Gasteiger partial charge in [0.25, 0.3) is 0 Å². The Hall–Kier alpha value is -0.770.